The number of ether oxygens (including phenoxy) is 1. The third-order valence-electron chi connectivity index (χ3n) is 3.68. The maximum Gasteiger partial charge on any atom is 0.227 e. The van der Waals surface area contributed by atoms with E-state index in [1.165, 1.54) is 0 Å². The summed E-state index contributed by atoms with van der Waals surface area (Å²) in [7, 11) is 0. The van der Waals surface area contributed by atoms with Crippen molar-refractivity contribution in [3.63, 3.8) is 0 Å². The number of carbonyl (C=O) groups is 1. The van der Waals surface area contributed by atoms with Gasteiger partial charge in [-0.25, -0.2) is 0 Å². The van der Waals surface area contributed by atoms with Crippen molar-refractivity contribution >= 4 is 11.6 Å². The molecular formula is C19H23NO3. The van der Waals surface area contributed by atoms with E-state index >= 15 is 0 Å². The quantitative estimate of drug-likeness (QED) is 0.818. The molecule has 0 spiro atoms. The summed E-state index contributed by atoms with van der Waals surface area (Å²) < 4.78 is 5.62. The van der Waals surface area contributed by atoms with Gasteiger partial charge in [0.25, 0.3) is 0 Å². The van der Waals surface area contributed by atoms with Gasteiger partial charge in [-0.3, -0.25) is 4.79 Å². The molecule has 2 N–H and O–H groups in total. The summed E-state index contributed by atoms with van der Waals surface area (Å²) in [6, 6.07) is 16.8. The number of carbonyl (C=O) groups excluding carboxylic acids is 1. The molecular weight excluding hydrogens is 290 g/mol. The second-order valence-electron chi connectivity index (χ2n) is 5.60. The molecule has 0 bridgehead atoms. The number of rotatable bonds is 7. The number of hydrogen-bond donors (Lipinski definition) is 2. The Labute approximate surface area is 137 Å². The van der Waals surface area contributed by atoms with E-state index in [0.29, 0.717) is 24.3 Å². The largest absolute Gasteiger partial charge is 0.494 e. The third-order valence-corrected chi connectivity index (χ3v) is 3.68. The van der Waals surface area contributed by atoms with E-state index in [1.807, 2.05) is 55.5 Å². The second-order valence-corrected chi connectivity index (χ2v) is 5.60. The molecule has 122 valence electrons. The average molecular weight is 313 g/mol. The third kappa shape index (κ3) is 5.11. The number of hydrogen-bond acceptors (Lipinski definition) is 3. The van der Waals surface area contributed by atoms with Crippen molar-refractivity contribution in [1.82, 2.24) is 0 Å². The molecule has 0 aromatic heterocycles. The van der Waals surface area contributed by atoms with Gasteiger partial charge in [0.2, 0.25) is 5.91 Å². The first-order valence-corrected chi connectivity index (χ1v) is 7.83. The monoisotopic (exact) mass is 313 g/mol. The lowest BCUT2D eigenvalue weighted by atomic mass is 10.1. The van der Waals surface area contributed by atoms with Gasteiger partial charge in [-0.15, -0.1) is 0 Å². The molecule has 0 aliphatic heterocycles. The first-order chi connectivity index (χ1) is 11.1. The molecule has 0 saturated heterocycles. The smallest absolute Gasteiger partial charge is 0.227 e. The molecule has 2 rings (SSSR count). The summed E-state index contributed by atoms with van der Waals surface area (Å²) in [4.78, 5) is 12.3. The van der Waals surface area contributed by atoms with E-state index in [2.05, 4.69) is 5.32 Å². The maximum atomic E-state index is 12.3. The Morgan fingerprint density at radius 2 is 1.74 bits per heavy atom. The zero-order chi connectivity index (χ0) is 16.7. The van der Waals surface area contributed by atoms with Crippen molar-refractivity contribution < 1.29 is 14.6 Å². The highest BCUT2D eigenvalue weighted by Crippen LogP contribution is 2.23. The van der Waals surface area contributed by atoms with Crippen LogP contribution >= 0.6 is 0 Å². The van der Waals surface area contributed by atoms with Gasteiger partial charge in [0.1, 0.15) is 5.75 Å². The Bertz CT molecular complexity index is 626. The standard InChI is InChI=1S/C19H23NO3/c1-14(12-13-23-16-8-4-3-5-9-16)19(22)20-18-11-7-6-10-17(18)15(2)21/h3-11,14-15,21H,12-13H2,1-2H3,(H,20,22). The number of anilines is 1. The van der Waals surface area contributed by atoms with E-state index in [-0.39, 0.29) is 11.8 Å². The fourth-order valence-electron chi connectivity index (χ4n) is 2.23. The zero-order valence-corrected chi connectivity index (χ0v) is 13.5. The van der Waals surface area contributed by atoms with Crippen LogP contribution in [-0.4, -0.2) is 17.6 Å². The van der Waals surface area contributed by atoms with Crippen LogP contribution in [0, 0.1) is 5.92 Å². The molecule has 0 heterocycles. The molecule has 0 aliphatic rings. The average Bonchev–Trinajstić information content (AvgIpc) is 2.56. The van der Waals surface area contributed by atoms with Crippen LogP contribution in [-0.2, 0) is 4.79 Å². The molecule has 2 unspecified atom stereocenters. The lowest BCUT2D eigenvalue weighted by molar-refractivity contribution is -0.119. The van der Waals surface area contributed by atoms with Crippen molar-refractivity contribution in [2.45, 2.75) is 26.4 Å². The van der Waals surface area contributed by atoms with Crippen LogP contribution in [0.4, 0.5) is 5.69 Å². The number of nitrogens with one attached hydrogen (secondary N) is 1. The number of amides is 1. The van der Waals surface area contributed by atoms with Gasteiger partial charge in [-0.1, -0.05) is 43.3 Å². The summed E-state index contributed by atoms with van der Waals surface area (Å²) in [6.07, 6.45) is 0.000574. The molecule has 4 nitrogen and oxygen atoms in total. The topological polar surface area (TPSA) is 58.6 Å². The predicted molar refractivity (Wildman–Crippen MR) is 91.4 cm³/mol. The Morgan fingerprint density at radius 1 is 1.09 bits per heavy atom. The first-order valence-electron chi connectivity index (χ1n) is 7.83. The normalized spacial score (nSPS) is 13.2. The van der Waals surface area contributed by atoms with Crippen molar-refractivity contribution in [2.75, 3.05) is 11.9 Å². The van der Waals surface area contributed by atoms with Crippen LogP contribution < -0.4 is 10.1 Å². The van der Waals surface area contributed by atoms with Gasteiger partial charge in [0, 0.05) is 17.2 Å². The zero-order valence-electron chi connectivity index (χ0n) is 13.5. The van der Waals surface area contributed by atoms with E-state index in [1.54, 1.807) is 13.0 Å². The van der Waals surface area contributed by atoms with Gasteiger partial charge in [0.15, 0.2) is 0 Å². The molecule has 4 heteroatoms. The number of benzene rings is 2. The highest BCUT2D eigenvalue weighted by Gasteiger charge is 2.16. The van der Waals surface area contributed by atoms with Gasteiger partial charge < -0.3 is 15.2 Å². The van der Waals surface area contributed by atoms with E-state index in [0.717, 1.165) is 5.75 Å². The summed E-state index contributed by atoms with van der Waals surface area (Å²) in [5.74, 6) is 0.551. The number of aliphatic hydroxyl groups excluding tert-OH is 1. The van der Waals surface area contributed by atoms with Crippen molar-refractivity contribution in [3.05, 3.63) is 60.2 Å². The molecule has 0 fully saturated rings. The Balaban J connectivity index is 1.86. The van der Waals surface area contributed by atoms with Gasteiger partial charge in [-0.05, 0) is 31.5 Å². The second kappa shape index (κ2) is 8.34. The predicted octanol–water partition coefficient (Wildman–Crippen LogP) is 3.78. The summed E-state index contributed by atoms with van der Waals surface area (Å²) >= 11 is 0. The Kier molecular flexibility index (Phi) is 6.18. The van der Waals surface area contributed by atoms with Crippen LogP contribution in [0.2, 0.25) is 0 Å². The van der Waals surface area contributed by atoms with Crippen LogP contribution in [0.5, 0.6) is 5.75 Å². The van der Waals surface area contributed by atoms with Crippen LogP contribution in [0.3, 0.4) is 0 Å². The summed E-state index contributed by atoms with van der Waals surface area (Å²) in [6.45, 7) is 4.04. The van der Waals surface area contributed by atoms with Gasteiger partial charge >= 0.3 is 0 Å². The highest BCUT2D eigenvalue weighted by atomic mass is 16.5. The van der Waals surface area contributed by atoms with Gasteiger partial charge in [-0.2, -0.15) is 0 Å². The van der Waals surface area contributed by atoms with Gasteiger partial charge in [0.05, 0.1) is 12.7 Å². The van der Waals surface area contributed by atoms with E-state index in [4.69, 9.17) is 4.74 Å². The summed E-state index contributed by atoms with van der Waals surface area (Å²) in [5, 5.41) is 12.6. The minimum Gasteiger partial charge on any atom is -0.494 e. The minimum absolute atomic E-state index is 0.0743. The Hall–Kier alpha value is -2.33. The fraction of sp³-hybridized carbons (Fsp3) is 0.316. The Morgan fingerprint density at radius 3 is 2.43 bits per heavy atom. The maximum absolute atomic E-state index is 12.3. The fourth-order valence-corrected chi connectivity index (χ4v) is 2.23. The molecule has 0 radical (unpaired) electrons. The van der Waals surface area contributed by atoms with Crippen LogP contribution in [0.1, 0.15) is 31.9 Å². The SMILES string of the molecule is CC(CCOc1ccccc1)C(=O)Nc1ccccc1C(C)O. The van der Waals surface area contributed by atoms with Crippen molar-refractivity contribution in [3.8, 4) is 5.75 Å². The van der Waals surface area contributed by atoms with Crippen molar-refractivity contribution in [2.24, 2.45) is 5.92 Å². The molecule has 2 aromatic rings. The number of para-hydroxylation sites is 2. The summed E-state index contributed by atoms with van der Waals surface area (Å²) in [5.41, 5.74) is 1.37. The molecule has 2 aromatic carbocycles. The molecule has 2 atom stereocenters. The van der Waals surface area contributed by atoms with E-state index < -0.39 is 6.10 Å². The van der Waals surface area contributed by atoms with E-state index in [9.17, 15) is 9.90 Å². The van der Waals surface area contributed by atoms with Crippen molar-refractivity contribution in [1.29, 1.82) is 0 Å². The lowest BCUT2D eigenvalue weighted by Crippen LogP contribution is -2.23. The number of aliphatic hydroxyl groups is 1. The molecule has 1 amide bonds. The minimum atomic E-state index is -0.622. The van der Waals surface area contributed by atoms with Crippen LogP contribution in [0.25, 0.3) is 0 Å². The first kappa shape index (κ1) is 17.0. The molecule has 0 aliphatic carbocycles. The molecule has 23 heavy (non-hydrogen) atoms. The molecule has 0 saturated carbocycles. The lowest BCUT2D eigenvalue weighted by Gasteiger charge is -2.16. The highest BCUT2D eigenvalue weighted by molar-refractivity contribution is 5.93. The van der Waals surface area contributed by atoms with Crippen LogP contribution in [0.15, 0.2) is 54.6 Å².